The molecule has 0 fully saturated rings. The third kappa shape index (κ3) is 5.36. The molecule has 7 heteroatoms. The summed E-state index contributed by atoms with van der Waals surface area (Å²) in [5.74, 6) is -1.92. The Labute approximate surface area is 134 Å². The van der Waals surface area contributed by atoms with Gasteiger partial charge in [-0.05, 0) is 18.6 Å². The van der Waals surface area contributed by atoms with Crippen molar-refractivity contribution in [3.8, 4) is 0 Å². The molecule has 1 aliphatic rings. The Kier molecular flexibility index (Phi) is 6.68. The topological polar surface area (TPSA) is 96.0 Å². The Morgan fingerprint density at radius 3 is 2.13 bits per heavy atom. The number of carbonyl (C=O) groups is 4. The van der Waals surface area contributed by atoms with Gasteiger partial charge in [0.25, 0.3) is 0 Å². The molecule has 0 heterocycles. The van der Waals surface area contributed by atoms with E-state index in [1.165, 1.54) is 21.1 Å². The van der Waals surface area contributed by atoms with Crippen LogP contribution in [0.25, 0.3) is 0 Å². The van der Waals surface area contributed by atoms with Crippen molar-refractivity contribution in [2.45, 2.75) is 32.3 Å². The number of ether oxygens (including phenoxy) is 3. The maximum Gasteiger partial charge on any atom is 0.319 e. The molecular weight excluding hydrogens is 304 g/mol. The van der Waals surface area contributed by atoms with Crippen molar-refractivity contribution >= 4 is 23.7 Å². The number of carbonyl (C=O) groups excluding carboxylic acids is 4. The third-order valence-electron chi connectivity index (χ3n) is 3.42. The van der Waals surface area contributed by atoms with Gasteiger partial charge in [0, 0.05) is 13.3 Å². The van der Waals surface area contributed by atoms with Crippen LogP contribution in [0, 0.1) is 5.41 Å². The van der Waals surface area contributed by atoms with Crippen molar-refractivity contribution in [2.75, 3.05) is 14.2 Å². The van der Waals surface area contributed by atoms with Crippen LogP contribution in [0.2, 0.25) is 0 Å². The Balaban J connectivity index is 2.77. The minimum Gasteiger partial charge on any atom is -0.469 e. The lowest BCUT2D eigenvalue weighted by Crippen LogP contribution is -2.32. The molecule has 0 aromatic carbocycles. The molecule has 0 saturated carbocycles. The first kappa shape index (κ1) is 18.6. The van der Waals surface area contributed by atoms with Crippen LogP contribution >= 0.6 is 0 Å². The second-order valence-corrected chi connectivity index (χ2v) is 5.12. The van der Waals surface area contributed by atoms with Crippen LogP contribution in [0.15, 0.2) is 24.3 Å². The monoisotopic (exact) mass is 324 g/mol. The number of hydrogen-bond donors (Lipinski definition) is 0. The highest BCUT2D eigenvalue weighted by atomic mass is 16.5. The molecule has 0 bridgehead atoms. The van der Waals surface area contributed by atoms with E-state index >= 15 is 0 Å². The summed E-state index contributed by atoms with van der Waals surface area (Å²) in [6, 6.07) is 0. The second-order valence-electron chi connectivity index (χ2n) is 5.12. The number of methoxy groups -OCH3 is 2. The van der Waals surface area contributed by atoms with E-state index in [0.717, 1.165) is 0 Å². The van der Waals surface area contributed by atoms with Crippen LogP contribution in [0.5, 0.6) is 0 Å². The van der Waals surface area contributed by atoms with Crippen LogP contribution in [-0.4, -0.2) is 44.0 Å². The average molecular weight is 324 g/mol. The summed E-state index contributed by atoms with van der Waals surface area (Å²) in [5.41, 5.74) is -1.11. The molecule has 0 atom stereocenters. The lowest BCUT2D eigenvalue weighted by molar-refractivity contribution is -0.147. The fourth-order valence-corrected chi connectivity index (χ4v) is 2.19. The molecule has 0 unspecified atom stereocenters. The molecule has 0 spiro atoms. The molecule has 0 aromatic heterocycles. The second kappa shape index (κ2) is 8.26. The van der Waals surface area contributed by atoms with Gasteiger partial charge in [0.2, 0.25) is 0 Å². The van der Waals surface area contributed by atoms with Crippen molar-refractivity contribution < 1.29 is 33.4 Å². The van der Waals surface area contributed by atoms with Crippen molar-refractivity contribution in [3.05, 3.63) is 24.3 Å². The van der Waals surface area contributed by atoms with Gasteiger partial charge in [-0.15, -0.1) is 0 Å². The molecule has 0 aliphatic heterocycles. The Hall–Kier alpha value is -2.44. The molecule has 126 valence electrons. The first-order valence-electron chi connectivity index (χ1n) is 7.06. The van der Waals surface area contributed by atoms with E-state index in [1.807, 2.05) is 0 Å². The summed E-state index contributed by atoms with van der Waals surface area (Å²) in [7, 11) is 2.45. The molecule has 23 heavy (non-hydrogen) atoms. The molecule has 7 nitrogen and oxygen atoms in total. The summed E-state index contributed by atoms with van der Waals surface area (Å²) in [4.78, 5) is 45.8. The van der Waals surface area contributed by atoms with Gasteiger partial charge in [-0.1, -0.05) is 12.2 Å². The first-order chi connectivity index (χ1) is 10.8. The summed E-state index contributed by atoms with van der Waals surface area (Å²) in [6.07, 6.45) is 5.49. The van der Waals surface area contributed by atoms with E-state index in [0.29, 0.717) is 0 Å². The molecule has 0 aromatic rings. The molecule has 0 radical (unpaired) electrons. The smallest absolute Gasteiger partial charge is 0.319 e. The zero-order chi connectivity index (χ0) is 17.5. The van der Waals surface area contributed by atoms with E-state index in [-0.39, 0.29) is 25.0 Å². The number of ketones is 1. The molecular formula is C16H20O7. The number of Topliss-reactive ketones (excluding diaryl/α,β-unsaturated/α-hetero) is 1. The van der Waals surface area contributed by atoms with Crippen molar-refractivity contribution in [1.82, 2.24) is 0 Å². The van der Waals surface area contributed by atoms with E-state index in [4.69, 9.17) is 9.47 Å². The van der Waals surface area contributed by atoms with Gasteiger partial charge in [0.05, 0.1) is 14.2 Å². The first-order valence-corrected chi connectivity index (χ1v) is 7.06. The van der Waals surface area contributed by atoms with Crippen molar-refractivity contribution in [1.29, 1.82) is 0 Å². The van der Waals surface area contributed by atoms with Gasteiger partial charge in [-0.3, -0.25) is 19.2 Å². The van der Waals surface area contributed by atoms with Crippen molar-refractivity contribution in [3.63, 3.8) is 0 Å². The van der Waals surface area contributed by atoms with E-state index in [1.54, 1.807) is 24.3 Å². The van der Waals surface area contributed by atoms with Crippen LogP contribution in [-0.2, 0) is 33.4 Å². The molecule has 1 rings (SSSR count). The average Bonchev–Trinajstić information content (AvgIpc) is 2.53. The fourth-order valence-electron chi connectivity index (χ4n) is 2.19. The van der Waals surface area contributed by atoms with Crippen LogP contribution in [0.4, 0.5) is 0 Å². The van der Waals surface area contributed by atoms with Crippen molar-refractivity contribution in [2.24, 2.45) is 5.41 Å². The SMILES string of the molecule is COC(=O)CC(=O)CCC1(C(=O)OC)C=CC(OC(C)=O)C=C1. The quantitative estimate of drug-likeness (QED) is 0.299. The number of rotatable bonds is 7. The highest BCUT2D eigenvalue weighted by Crippen LogP contribution is 2.33. The Morgan fingerprint density at radius 1 is 1.04 bits per heavy atom. The largest absolute Gasteiger partial charge is 0.469 e. The molecule has 0 saturated heterocycles. The predicted octanol–water partition coefficient (Wildman–Crippen LogP) is 1.12. The molecule has 1 aliphatic carbocycles. The molecule has 0 N–H and O–H groups in total. The summed E-state index contributed by atoms with van der Waals surface area (Å²) < 4.78 is 14.2. The van der Waals surface area contributed by atoms with Gasteiger partial charge in [-0.25, -0.2) is 0 Å². The summed E-state index contributed by atoms with van der Waals surface area (Å²) in [5, 5.41) is 0. The predicted molar refractivity (Wildman–Crippen MR) is 79.2 cm³/mol. The van der Waals surface area contributed by atoms with Gasteiger partial charge in [-0.2, -0.15) is 0 Å². The Bertz CT molecular complexity index is 531. The minimum atomic E-state index is -1.11. The maximum atomic E-state index is 12.1. The highest BCUT2D eigenvalue weighted by Gasteiger charge is 2.37. The number of hydrogen-bond acceptors (Lipinski definition) is 7. The summed E-state index contributed by atoms with van der Waals surface area (Å²) >= 11 is 0. The minimum absolute atomic E-state index is 0.0110. The standard InChI is InChI=1S/C16H20O7/c1-11(17)23-13-5-8-16(9-6-13,15(20)22-3)7-4-12(18)10-14(19)21-2/h5-6,8-9,13H,4,7,10H2,1-3H3. The molecule has 0 amide bonds. The van der Waals surface area contributed by atoms with Gasteiger partial charge in [0.15, 0.2) is 0 Å². The van der Waals surface area contributed by atoms with Crippen LogP contribution < -0.4 is 0 Å². The summed E-state index contributed by atoms with van der Waals surface area (Å²) in [6.45, 7) is 1.29. The highest BCUT2D eigenvalue weighted by molar-refractivity contribution is 5.95. The lowest BCUT2D eigenvalue weighted by atomic mass is 9.79. The third-order valence-corrected chi connectivity index (χ3v) is 3.42. The van der Waals surface area contributed by atoms with E-state index in [9.17, 15) is 19.2 Å². The zero-order valence-electron chi connectivity index (χ0n) is 13.4. The Morgan fingerprint density at radius 2 is 1.65 bits per heavy atom. The lowest BCUT2D eigenvalue weighted by Gasteiger charge is -2.28. The van der Waals surface area contributed by atoms with Crippen LogP contribution in [0.3, 0.4) is 0 Å². The number of esters is 3. The normalized spacial score (nSPS) is 22.3. The van der Waals surface area contributed by atoms with Crippen LogP contribution in [0.1, 0.15) is 26.2 Å². The van der Waals surface area contributed by atoms with Gasteiger partial charge < -0.3 is 14.2 Å². The van der Waals surface area contributed by atoms with E-state index in [2.05, 4.69) is 4.74 Å². The fraction of sp³-hybridized carbons (Fsp3) is 0.500. The maximum absolute atomic E-state index is 12.1. The van der Waals surface area contributed by atoms with Gasteiger partial charge >= 0.3 is 17.9 Å². The zero-order valence-corrected chi connectivity index (χ0v) is 13.4. The van der Waals surface area contributed by atoms with Gasteiger partial charge in [0.1, 0.15) is 23.7 Å². The van der Waals surface area contributed by atoms with E-state index < -0.39 is 29.4 Å².